The lowest BCUT2D eigenvalue weighted by molar-refractivity contribution is -0.143. The number of hydrogen-bond donors (Lipinski definition) is 0. The lowest BCUT2D eigenvalue weighted by atomic mass is 10.0. The summed E-state index contributed by atoms with van der Waals surface area (Å²) in [5.41, 5.74) is 2.80. The molecule has 3 heterocycles. The summed E-state index contributed by atoms with van der Waals surface area (Å²) in [7, 11) is 0. The predicted molar refractivity (Wildman–Crippen MR) is 76.2 cm³/mol. The molecule has 3 rings (SSSR count). The Bertz CT molecular complexity index is 528. The van der Waals surface area contributed by atoms with Gasteiger partial charge in [-0.2, -0.15) is 0 Å². The topological polar surface area (TPSA) is 53.5 Å². The molecular formula is C14H19N3O2S. The van der Waals surface area contributed by atoms with Crippen LogP contribution in [0.5, 0.6) is 0 Å². The number of carbonyl (C=O) groups is 2. The van der Waals surface area contributed by atoms with Crippen LogP contribution in [-0.4, -0.2) is 45.7 Å². The van der Waals surface area contributed by atoms with Crippen LogP contribution < -0.4 is 0 Å². The zero-order chi connectivity index (χ0) is 14.1. The van der Waals surface area contributed by atoms with E-state index in [-0.39, 0.29) is 17.9 Å². The highest BCUT2D eigenvalue weighted by molar-refractivity contribution is 7.09. The smallest absolute Gasteiger partial charge is 0.245 e. The Balaban J connectivity index is 1.80. The van der Waals surface area contributed by atoms with Crippen molar-refractivity contribution >= 4 is 23.2 Å². The SMILES string of the molecule is Cc1ncsc1CN1CCC(=O)N2CCCCC2C1=O. The molecule has 2 fully saturated rings. The van der Waals surface area contributed by atoms with Gasteiger partial charge in [0.2, 0.25) is 11.8 Å². The summed E-state index contributed by atoms with van der Waals surface area (Å²) in [6, 6.07) is -0.230. The number of amides is 2. The minimum Gasteiger partial charge on any atom is -0.335 e. The second kappa shape index (κ2) is 5.52. The van der Waals surface area contributed by atoms with Crippen molar-refractivity contribution in [2.24, 2.45) is 0 Å². The van der Waals surface area contributed by atoms with Gasteiger partial charge in [0.25, 0.3) is 0 Å². The van der Waals surface area contributed by atoms with E-state index in [0.29, 0.717) is 19.5 Å². The Morgan fingerprint density at radius 1 is 1.35 bits per heavy atom. The van der Waals surface area contributed by atoms with Crippen LogP contribution >= 0.6 is 11.3 Å². The van der Waals surface area contributed by atoms with Gasteiger partial charge in [0, 0.05) is 24.4 Å². The van der Waals surface area contributed by atoms with Gasteiger partial charge in [0.1, 0.15) is 6.04 Å². The Hall–Kier alpha value is -1.43. The van der Waals surface area contributed by atoms with Crippen LogP contribution in [-0.2, 0) is 16.1 Å². The van der Waals surface area contributed by atoms with E-state index in [1.165, 1.54) is 0 Å². The van der Waals surface area contributed by atoms with Crippen LogP contribution in [0.15, 0.2) is 5.51 Å². The van der Waals surface area contributed by atoms with Crippen molar-refractivity contribution < 1.29 is 9.59 Å². The molecule has 2 amide bonds. The van der Waals surface area contributed by atoms with Crippen LogP contribution in [0, 0.1) is 6.92 Å². The van der Waals surface area contributed by atoms with Gasteiger partial charge >= 0.3 is 0 Å². The normalized spacial score (nSPS) is 23.8. The van der Waals surface area contributed by atoms with Gasteiger partial charge in [-0.05, 0) is 26.2 Å². The minimum atomic E-state index is -0.230. The molecule has 108 valence electrons. The number of rotatable bonds is 2. The van der Waals surface area contributed by atoms with Gasteiger partial charge in [-0.1, -0.05) is 0 Å². The molecule has 5 nitrogen and oxygen atoms in total. The van der Waals surface area contributed by atoms with E-state index in [9.17, 15) is 9.59 Å². The van der Waals surface area contributed by atoms with Crippen molar-refractivity contribution in [3.63, 3.8) is 0 Å². The zero-order valence-electron chi connectivity index (χ0n) is 11.7. The molecule has 20 heavy (non-hydrogen) atoms. The Kier molecular flexibility index (Phi) is 3.74. The third kappa shape index (κ3) is 2.44. The number of nitrogens with zero attached hydrogens (tertiary/aromatic N) is 3. The van der Waals surface area contributed by atoms with Crippen molar-refractivity contribution in [3.05, 3.63) is 16.1 Å². The second-order valence-corrected chi connectivity index (χ2v) is 6.41. The van der Waals surface area contributed by atoms with E-state index in [1.54, 1.807) is 16.2 Å². The Labute approximate surface area is 122 Å². The average Bonchev–Trinajstić information content (AvgIpc) is 2.82. The van der Waals surface area contributed by atoms with Gasteiger partial charge in [-0.25, -0.2) is 4.98 Å². The van der Waals surface area contributed by atoms with Crippen LogP contribution in [0.3, 0.4) is 0 Å². The zero-order valence-corrected chi connectivity index (χ0v) is 12.5. The Morgan fingerprint density at radius 3 is 2.95 bits per heavy atom. The molecule has 1 aromatic heterocycles. The largest absolute Gasteiger partial charge is 0.335 e. The number of aromatic nitrogens is 1. The second-order valence-electron chi connectivity index (χ2n) is 5.47. The molecule has 6 heteroatoms. The molecule has 0 aliphatic carbocycles. The van der Waals surface area contributed by atoms with Crippen molar-refractivity contribution in [2.75, 3.05) is 13.1 Å². The van der Waals surface area contributed by atoms with Crippen LogP contribution in [0.2, 0.25) is 0 Å². The van der Waals surface area contributed by atoms with Crippen molar-refractivity contribution in [1.29, 1.82) is 0 Å². The molecular weight excluding hydrogens is 274 g/mol. The average molecular weight is 293 g/mol. The molecule has 0 aromatic carbocycles. The number of aryl methyl sites for hydroxylation is 1. The highest BCUT2D eigenvalue weighted by atomic mass is 32.1. The summed E-state index contributed by atoms with van der Waals surface area (Å²) in [6.45, 7) is 3.82. The number of fused-ring (bicyclic) bond motifs is 1. The van der Waals surface area contributed by atoms with E-state index in [1.807, 2.05) is 17.3 Å². The lowest BCUT2D eigenvalue weighted by Crippen LogP contribution is -2.49. The van der Waals surface area contributed by atoms with E-state index in [2.05, 4.69) is 4.98 Å². The van der Waals surface area contributed by atoms with Crippen LogP contribution in [0.4, 0.5) is 0 Å². The molecule has 2 aliphatic heterocycles. The van der Waals surface area contributed by atoms with Crippen LogP contribution in [0.1, 0.15) is 36.3 Å². The highest BCUT2D eigenvalue weighted by Gasteiger charge is 2.37. The van der Waals surface area contributed by atoms with Gasteiger partial charge in [0.05, 0.1) is 17.7 Å². The van der Waals surface area contributed by atoms with Crippen molar-refractivity contribution in [1.82, 2.24) is 14.8 Å². The summed E-state index contributed by atoms with van der Waals surface area (Å²) in [5.74, 6) is 0.245. The maximum atomic E-state index is 12.7. The van der Waals surface area contributed by atoms with Gasteiger partial charge in [-0.3, -0.25) is 9.59 Å². The quantitative estimate of drug-likeness (QED) is 0.831. The number of piperidine rings is 1. The molecule has 0 saturated carbocycles. The molecule has 1 unspecified atom stereocenters. The van der Waals surface area contributed by atoms with E-state index in [4.69, 9.17) is 0 Å². The van der Waals surface area contributed by atoms with Crippen molar-refractivity contribution in [3.8, 4) is 0 Å². The standard InChI is InChI=1S/C14H19N3O2S/c1-10-12(20-9-15-10)8-16-7-5-13(18)17-6-3-2-4-11(17)14(16)19/h9,11H,2-8H2,1H3. The lowest BCUT2D eigenvalue weighted by Gasteiger charge is -2.34. The van der Waals surface area contributed by atoms with Gasteiger partial charge in [0.15, 0.2) is 0 Å². The summed E-state index contributed by atoms with van der Waals surface area (Å²) in [6.07, 6.45) is 3.31. The third-order valence-corrected chi connectivity index (χ3v) is 5.11. The van der Waals surface area contributed by atoms with Crippen molar-refractivity contribution in [2.45, 2.75) is 45.2 Å². The maximum Gasteiger partial charge on any atom is 0.245 e. The maximum absolute atomic E-state index is 12.7. The molecule has 2 saturated heterocycles. The third-order valence-electron chi connectivity index (χ3n) is 4.19. The van der Waals surface area contributed by atoms with Crippen LogP contribution in [0.25, 0.3) is 0 Å². The number of thiazole rings is 1. The molecule has 2 aliphatic rings. The first-order chi connectivity index (χ1) is 9.66. The number of hydrogen-bond acceptors (Lipinski definition) is 4. The monoisotopic (exact) mass is 293 g/mol. The van der Waals surface area contributed by atoms with E-state index in [0.717, 1.165) is 36.4 Å². The fourth-order valence-electron chi connectivity index (χ4n) is 2.99. The first-order valence-corrected chi connectivity index (χ1v) is 8.02. The Morgan fingerprint density at radius 2 is 2.20 bits per heavy atom. The molecule has 0 spiro atoms. The summed E-state index contributed by atoms with van der Waals surface area (Å²) < 4.78 is 0. The van der Waals surface area contributed by atoms with E-state index >= 15 is 0 Å². The fourth-order valence-corrected chi connectivity index (χ4v) is 3.78. The molecule has 1 atom stereocenters. The number of carbonyl (C=O) groups excluding carboxylic acids is 2. The molecule has 0 radical (unpaired) electrons. The van der Waals surface area contributed by atoms with Gasteiger partial charge < -0.3 is 9.80 Å². The highest BCUT2D eigenvalue weighted by Crippen LogP contribution is 2.25. The molecule has 1 aromatic rings. The molecule has 0 bridgehead atoms. The summed E-state index contributed by atoms with van der Waals surface area (Å²) >= 11 is 1.58. The fraction of sp³-hybridized carbons (Fsp3) is 0.643. The minimum absolute atomic E-state index is 0.114. The molecule has 0 N–H and O–H groups in total. The summed E-state index contributed by atoms with van der Waals surface area (Å²) in [5, 5.41) is 0. The first kappa shape index (κ1) is 13.5. The predicted octanol–water partition coefficient (Wildman–Crippen LogP) is 1.56. The van der Waals surface area contributed by atoms with E-state index < -0.39 is 0 Å². The summed E-state index contributed by atoms with van der Waals surface area (Å²) in [4.78, 5) is 33.8. The van der Waals surface area contributed by atoms with Gasteiger partial charge in [-0.15, -0.1) is 11.3 Å². The first-order valence-electron chi connectivity index (χ1n) is 7.14.